The van der Waals surface area contributed by atoms with Crippen LogP contribution in [0.1, 0.15) is 19.7 Å². The van der Waals surface area contributed by atoms with Gasteiger partial charge in [-0.25, -0.2) is 4.98 Å². The molecule has 18 heavy (non-hydrogen) atoms. The fourth-order valence-electron chi connectivity index (χ4n) is 1.78. The minimum Gasteiger partial charge on any atom is -0.480 e. The predicted molar refractivity (Wildman–Crippen MR) is 65.6 cm³/mol. The lowest BCUT2D eigenvalue weighted by atomic mass is 10.3. The summed E-state index contributed by atoms with van der Waals surface area (Å²) in [5.74, 6) is 0.381. The zero-order chi connectivity index (χ0) is 13.3. The Balaban J connectivity index is 2.53. The van der Waals surface area contributed by atoms with Gasteiger partial charge in [-0.2, -0.15) is 0 Å². The Bertz CT molecular complexity index is 578. The quantitative estimate of drug-likeness (QED) is 0.860. The third-order valence-electron chi connectivity index (χ3n) is 2.68. The first-order valence-corrected chi connectivity index (χ1v) is 5.65. The molecule has 0 aliphatic carbocycles. The molecule has 0 amide bonds. The maximum Gasteiger partial charge on any atom is 0.323 e. The molecule has 2 aromatic heterocycles. The molecule has 0 bridgehead atoms. The van der Waals surface area contributed by atoms with E-state index in [1.807, 2.05) is 20.8 Å². The van der Waals surface area contributed by atoms with Gasteiger partial charge in [-0.05, 0) is 20.8 Å². The fraction of sp³-hybridized carbons (Fsp3) is 0.455. The molecular weight excluding hydrogens is 234 g/mol. The van der Waals surface area contributed by atoms with Crippen LogP contribution in [-0.4, -0.2) is 43.2 Å². The maximum atomic E-state index is 10.9. The molecule has 2 rings (SSSR count). The van der Waals surface area contributed by atoms with E-state index in [1.54, 1.807) is 21.7 Å². The van der Waals surface area contributed by atoms with Crippen molar-refractivity contribution >= 4 is 17.4 Å². The van der Waals surface area contributed by atoms with Crippen molar-refractivity contribution in [2.45, 2.75) is 26.8 Å². The van der Waals surface area contributed by atoms with Crippen LogP contribution in [0.2, 0.25) is 0 Å². The van der Waals surface area contributed by atoms with Crippen molar-refractivity contribution in [1.82, 2.24) is 19.6 Å². The third kappa shape index (κ3) is 2.11. The average Bonchev–Trinajstić information content (AvgIpc) is 2.68. The Morgan fingerprint density at radius 1 is 1.50 bits per heavy atom. The summed E-state index contributed by atoms with van der Waals surface area (Å²) in [6, 6.07) is 0.0109. The van der Waals surface area contributed by atoms with Crippen LogP contribution >= 0.6 is 0 Å². The molecule has 0 spiro atoms. The molecule has 0 atom stereocenters. The van der Waals surface area contributed by atoms with Crippen molar-refractivity contribution < 1.29 is 9.90 Å². The van der Waals surface area contributed by atoms with E-state index in [9.17, 15) is 4.79 Å². The highest BCUT2D eigenvalue weighted by Crippen LogP contribution is 2.19. The van der Waals surface area contributed by atoms with E-state index >= 15 is 0 Å². The lowest BCUT2D eigenvalue weighted by Crippen LogP contribution is -2.36. The van der Waals surface area contributed by atoms with Gasteiger partial charge in [-0.1, -0.05) is 0 Å². The van der Waals surface area contributed by atoms with Crippen LogP contribution in [0.4, 0.5) is 5.82 Å². The number of carbonyl (C=O) groups is 1. The smallest absolute Gasteiger partial charge is 0.323 e. The summed E-state index contributed by atoms with van der Waals surface area (Å²) >= 11 is 0. The number of nitrogens with zero attached hydrogens (tertiary/aromatic N) is 5. The monoisotopic (exact) mass is 249 g/mol. The normalized spacial score (nSPS) is 11.1. The van der Waals surface area contributed by atoms with E-state index < -0.39 is 5.97 Å². The fourth-order valence-corrected chi connectivity index (χ4v) is 1.78. The molecule has 0 saturated carbocycles. The summed E-state index contributed by atoms with van der Waals surface area (Å²) in [5.41, 5.74) is 0.574. The lowest BCUT2D eigenvalue weighted by Gasteiger charge is -2.25. The van der Waals surface area contributed by atoms with Gasteiger partial charge in [-0.15, -0.1) is 10.2 Å². The highest BCUT2D eigenvalue weighted by atomic mass is 16.4. The molecule has 96 valence electrons. The number of carboxylic acid groups (broad SMARTS) is 1. The second-order valence-electron chi connectivity index (χ2n) is 4.31. The standard InChI is InChI=1S/C11H15N5O2/c1-7(2)16(6-9(17)18)10-11-14-13-8(3)15(11)5-4-12-10/h4-5,7H,6H2,1-3H3,(H,17,18). The number of hydrogen-bond donors (Lipinski definition) is 1. The topological polar surface area (TPSA) is 83.6 Å². The zero-order valence-electron chi connectivity index (χ0n) is 10.5. The average molecular weight is 249 g/mol. The molecule has 0 aliphatic heterocycles. The maximum absolute atomic E-state index is 10.9. The Morgan fingerprint density at radius 3 is 2.83 bits per heavy atom. The second kappa shape index (κ2) is 4.59. The minimum absolute atomic E-state index is 0.0109. The highest BCUT2D eigenvalue weighted by molar-refractivity contribution is 5.76. The summed E-state index contributed by atoms with van der Waals surface area (Å²) in [5, 5.41) is 17.0. The van der Waals surface area contributed by atoms with Crippen LogP contribution in [0.25, 0.3) is 5.65 Å². The minimum atomic E-state index is -0.899. The van der Waals surface area contributed by atoms with E-state index in [0.717, 1.165) is 5.82 Å². The molecule has 2 aromatic rings. The van der Waals surface area contributed by atoms with Crippen molar-refractivity contribution in [2.24, 2.45) is 0 Å². The van der Waals surface area contributed by atoms with Crippen LogP contribution in [0.5, 0.6) is 0 Å². The van der Waals surface area contributed by atoms with Crippen LogP contribution in [-0.2, 0) is 4.79 Å². The van der Waals surface area contributed by atoms with E-state index in [2.05, 4.69) is 15.2 Å². The molecule has 0 radical (unpaired) electrons. The summed E-state index contributed by atoms with van der Waals surface area (Å²) in [6.45, 7) is 5.55. The van der Waals surface area contributed by atoms with E-state index in [4.69, 9.17) is 5.11 Å². The SMILES string of the molecule is Cc1nnc2c(N(CC(=O)O)C(C)C)nccn12. The Labute approximate surface area is 104 Å². The van der Waals surface area contributed by atoms with Gasteiger partial charge >= 0.3 is 5.97 Å². The number of aryl methyl sites for hydroxylation is 1. The largest absolute Gasteiger partial charge is 0.480 e. The van der Waals surface area contributed by atoms with Gasteiger partial charge in [0.15, 0.2) is 5.82 Å². The van der Waals surface area contributed by atoms with Crippen LogP contribution in [0.15, 0.2) is 12.4 Å². The summed E-state index contributed by atoms with van der Waals surface area (Å²) < 4.78 is 1.79. The Kier molecular flexibility index (Phi) is 3.14. The van der Waals surface area contributed by atoms with Crippen LogP contribution in [0, 0.1) is 6.92 Å². The molecule has 0 fully saturated rings. The van der Waals surface area contributed by atoms with Gasteiger partial charge in [0.05, 0.1) is 0 Å². The summed E-state index contributed by atoms with van der Waals surface area (Å²) in [4.78, 5) is 16.8. The Morgan fingerprint density at radius 2 is 2.22 bits per heavy atom. The van der Waals surface area contributed by atoms with Crippen molar-refractivity contribution in [3.8, 4) is 0 Å². The van der Waals surface area contributed by atoms with Gasteiger partial charge in [0, 0.05) is 18.4 Å². The number of rotatable bonds is 4. The number of fused-ring (bicyclic) bond motifs is 1. The molecule has 0 aromatic carbocycles. The molecular formula is C11H15N5O2. The van der Waals surface area contributed by atoms with Crippen molar-refractivity contribution in [3.05, 3.63) is 18.2 Å². The number of anilines is 1. The lowest BCUT2D eigenvalue weighted by molar-refractivity contribution is -0.135. The number of carboxylic acids is 1. The van der Waals surface area contributed by atoms with E-state index in [-0.39, 0.29) is 12.6 Å². The van der Waals surface area contributed by atoms with Gasteiger partial charge in [0.25, 0.3) is 0 Å². The first kappa shape index (κ1) is 12.3. The first-order chi connectivity index (χ1) is 8.50. The number of aromatic nitrogens is 4. The summed E-state index contributed by atoms with van der Waals surface area (Å²) in [6.07, 6.45) is 3.38. The first-order valence-electron chi connectivity index (χ1n) is 5.65. The van der Waals surface area contributed by atoms with Gasteiger partial charge in [0.2, 0.25) is 5.65 Å². The van der Waals surface area contributed by atoms with E-state index in [0.29, 0.717) is 11.5 Å². The van der Waals surface area contributed by atoms with Crippen molar-refractivity contribution in [2.75, 3.05) is 11.4 Å². The van der Waals surface area contributed by atoms with Crippen LogP contribution in [0.3, 0.4) is 0 Å². The third-order valence-corrected chi connectivity index (χ3v) is 2.68. The molecule has 0 saturated heterocycles. The van der Waals surface area contributed by atoms with Gasteiger partial charge in [0.1, 0.15) is 12.4 Å². The molecule has 7 heteroatoms. The van der Waals surface area contributed by atoms with Crippen molar-refractivity contribution in [1.29, 1.82) is 0 Å². The van der Waals surface area contributed by atoms with Gasteiger partial charge < -0.3 is 10.0 Å². The Hall–Kier alpha value is -2.18. The predicted octanol–water partition coefficient (Wildman–Crippen LogP) is 0.732. The van der Waals surface area contributed by atoms with Crippen molar-refractivity contribution in [3.63, 3.8) is 0 Å². The number of aliphatic carboxylic acids is 1. The molecule has 2 heterocycles. The number of hydrogen-bond acceptors (Lipinski definition) is 5. The van der Waals surface area contributed by atoms with Crippen LogP contribution < -0.4 is 4.90 Å². The molecule has 0 aliphatic rings. The van der Waals surface area contributed by atoms with E-state index in [1.165, 1.54) is 0 Å². The van der Waals surface area contributed by atoms with Gasteiger partial charge in [-0.3, -0.25) is 9.20 Å². The summed E-state index contributed by atoms with van der Waals surface area (Å²) in [7, 11) is 0. The second-order valence-corrected chi connectivity index (χ2v) is 4.31. The molecule has 7 nitrogen and oxygen atoms in total. The molecule has 0 unspecified atom stereocenters. The highest BCUT2D eigenvalue weighted by Gasteiger charge is 2.19. The zero-order valence-corrected chi connectivity index (χ0v) is 10.5. The molecule has 1 N–H and O–H groups in total.